The second-order valence-electron chi connectivity index (χ2n) is 5.37. The van der Waals surface area contributed by atoms with Gasteiger partial charge in [0.15, 0.2) is 0 Å². The first kappa shape index (κ1) is 14.3. The van der Waals surface area contributed by atoms with Crippen LogP contribution in [0.3, 0.4) is 0 Å². The van der Waals surface area contributed by atoms with Crippen LogP contribution >= 0.6 is 0 Å². The van der Waals surface area contributed by atoms with E-state index in [1.165, 1.54) is 5.56 Å². The first-order valence-corrected chi connectivity index (χ1v) is 7.30. The van der Waals surface area contributed by atoms with Gasteiger partial charge in [-0.15, -0.1) is 0 Å². The summed E-state index contributed by atoms with van der Waals surface area (Å²) in [7, 11) is 1.63. The second kappa shape index (κ2) is 6.43. The molecule has 0 heterocycles. The Morgan fingerprint density at radius 1 is 1.18 bits per heavy atom. The van der Waals surface area contributed by atoms with Crippen molar-refractivity contribution in [2.75, 3.05) is 7.11 Å². The lowest BCUT2D eigenvalue weighted by molar-refractivity contribution is -0.122. The van der Waals surface area contributed by atoms with Gasteiger partial charge in [-0.25, -0.2) is 5.43 Å². The van der Waals surface area contributed by atoms with Gasteiger partial charge in [-0.05, 0) is 47.7 Å². The van der Waals surface area contributed by atoms with Crippen molar-refractivity contribution in [3.8, 4) is 5.75 Å². The summed E-state index contributed by atoms with van der Waals surface area (Å²) < 4.78 is 5.09. The van der Waals surface area contributed by atoms with E-state index < -0.39 is 0 Å². The summed E-state index contributed by atoms with van der Waals surface area (Å²) in [5, 5.41) is 4.02. The molecule has 0 aliphatic heterocycles. The van der Waals surface area contributed by atoms with E-state index in [0.717, 1.165) is 17.7 Å². The Morgan fingerprint density at radius 3 is 2.59 bits per heavy atom. The lowest BCUT2D eigenvalue weighted by Gasteiger charge is -2.01. The van der Waals surface area contributed by atoms with E-state index in [4.69, 9.17) is 4.74 Å². The van der Waals surface area contributed by atoms with Crippen LogP contribution in [0.25, 0.3) is 0 Å². The molecule has 1 aliphatic rings. The van der Waals surface area contributed by atoms with Crippen molar-refractivity contribution in [3.05, 3.63) is 65.7 Å². The van der Waals surface area contributed by atoms with Crippen molar-refractivity contribution in [2.24, 2.45) is 11.0 Å². The summed E-state index contributed by atoms with van der Waals surface area (Å²) in [6.07, 6.45) is 2.53. The topological polar surface area (TPSA) is 50.7 Å². The van der Waals surface area contributed by atoms with Gasteiger partial charge in [0.1, 0.15) is 5.75 Å². The van der Waals surface area contributed by atoms with E-state index >= 15 is 0 Å². The minimum absolute atomic E-state index is 0.0152. The van der Waals surface area contributed by atoms with Crippen molar-refractivity contribution in [1.29, 1.82) is 0 Å². The fraction of sp³-hybridized carbons (Fsp3) is 0.222. The molecule has 112 valence electrons. The summed E-state index contributed by atoms with van der Waals surface area (Å²) in [6.45, 7) is 0. The molecule has 1 N–H and O–H groups in total. The summed E-state index contributed by atoms with van der Waals surface area (Å²) in [6, 6.07) is 17.6. The predicted molar refractivity (Wildman–Crippen MR) is 86.0 cm³/mol. The fourth-order valence-electron chi connectivity index (χ4n) is 2.50. The Balaban J connectivity index is 1.51. The maximum atomic E-state index is 12.0. The molecule has 22 heavy (non-hydrogen) atoms. The molecule has 1 aliphatic carbocycles. The van der Waals surface area contributed by atoms with Gasteiger partial charge < -0.3 is 4.74 Å². The monoisotopic (exact) mass is 294 g/mol. The summed E-state index contributed by atoms with van der Waals surface area (Å²) >= 11 is 0. The maximum Gasteiger partial charge on any atom is 0.243 e. The highest BCUT2D eigenvalue weighted by molar-refractivity contribution is 5.85. The second-order valence-corrected chi connectivity index (χ2v) is 5.37. The molecule has 1 fully saturated rings. The van der Waals surface area contributed by atoms with E-state index in [2.05, 4.69) is 22.7 Å². The number of amides is 1. The lowest BCUT2D eigenvalue weighted by Crippen LogP contribution is -2.20. The van der Waals surface area contributed by atoms with Crippen LogP contribution in [0.15, 0.2) is 59.7 Å². The largest absolute Gasteiger partial charge is 0.497 e. The van der Waals surface area contributed by atoms with Crippen molar-refractivity contribution in [2.45, 2.75) is 12.3 Å². The van der Waals surface area contributed by atoms with Crippen LogP contribution in [0.1, 0.15) is 23.5 Å². The molecule has 0 spiro atoms. The van der Waals surface area contributed by atoms with Gasteiger partial charge >= 0.3 is 0 Å². The minimum Gasteiger partial charge on any atom is -0.497 e. The zero-order chi connectivity index (χ0) is 15.4. The number of methoxy groups -OCH3 is 1. The zero-order valence-electron chi connectivity index (χ0n) is 12.4. The molecule has 4 heteroatoms. The standard InChI is InChI=1S/C18H18N2O2/c1-22-15-9-7-13(8-10-15)12-19-20-18(21)17-11-16(17)14-5-3-2-4-6-14/h2-10,12,16-17H,11H2,1H3,(H,20,21)/b19-12-/t16-,17+/m1/s1. The number of carbonyl (C=O) groups excluding carboxylic acids is 1. The van der Waals surface area contributed by atoms with Crippen molar-refractivity contribution in [1.82, 2.24) is 5.43 Å². The number of hydrogen-bond acceptors (Lipinski definition) is 3. The summed E-state index contributed by atoms with van der Waals surface area (Å²) in [5.41, 5.74) is 4.76. The number of benzene rings is 2. The van der Waals surface area contributed by atoms with E-state index in [9.17, 15) is 4.79 Å². The molecule has 0 saturated heterocycles. The smallest absolute Gasteiger partial charge is 0.243 e. The van der Waals surface area contributed by atoms with Crippen LogP contribution < -0.4 is 10.2 Å². The Kier molecular flexibility index (Phi) is 4.19. The number of hydrazone groups is 1. The normalized spacial score (nSPS) is 19.9. The molecule has 0 aromatic heterocycles. The third-order valence-corrected chi connectivity index (χ3v) is 3.86. The van der Waals surface area contributed by atoms with Crippen LogP contribution in [0.5, 0.6) is 5.75 Å². The van der Waals surface area contributed by atoms with Gasteiger partial charge in [0.2, 0.25) is 5.91 Å². The van der Waals surface area contributed by atoms with Gasteiger partial charge in [-0.3, -0.25) is 4.79 Å². The highest BCUT2D eigenvalue weighted by Gasteiger charge is 2.43. The van der Waals surface area contributed by atoms with E-state index in [-0.39, 0.29) is 11.8 Å². The van der Waals surface area contributed by atoms with Gasteiger partial charge in [-0.2, -0.15) is 5.10 Å². The van der Waals surface area contributed by atoms with E-state index in [1.807, 2.05) is 42.5 Å². The number of nitrogens with one attached hydrogen (secondary N) is 1. The Hall–Kier alpha value is -2.62. The molecule has 0 radical (unpaired) electrons. The van der Waals surface area contributed by atoms with Crippen LogP contribution in [0, 0.1) is 5.92 Å². The number of ether oxygens (including phenoxy) is 1. The number of rotatable bonds is 5. The molecule has 0 bridgehead atoms. The van der Waals surface area contributed by atoms with Gasteiger partial charge in [0.05, 0.1) is 13.3 Å². The van der Waals surface area contributed by atoms with Crippen LogP contribution in [0.2, 0.25) is 0 Å². The van der Waals surface area contributed by atoms with E-state index in [0.29, 0.717) is 5.92 Å². The average molecular weight is 294 g/mol. The lowest BCUT2D eigenvalue weighted by atomic mass is 10.1. The fourth-order valence-corrected chi connectivity index (χ4v) is 2.50. The molecule has 1 saturated carbocycles. The third kappa shape index (κ3) is 3.34. The van der Waals surface area contributed by atoms with Gasteiger partial charge in [0, 0.05) is 5.92 Å². The van der Waals surface area contributed by atoms with Crippen LogP contribution in [-0.4, -0.2) is 19.2 Å². The van der Waals surface area contributed by atoms with Gasteiger partial charge in [-0.1, -0.05) is 30.3 Å². The predicted octanol–water partition coefficient (Wildman–Crippen LogP) is 2.95. The molecule has 1 amide bonds. The number of nitrogens with zero attached hydrogens (tertiary/aromatic N) is 1. The van der Waals surface area contributed by atoms with Gasteiger partial charge in [0.25, 0.3) is 0 Å². The first-order chi connectivity index (χ1) is 10.8. The van der Waals surface area contributed by atoms with Crippen LogP contribution in [-0.2, 0) is 4.79 Å². The minimum atomic E-state index is -0.0152. The quantitative estimate of drug-likeness (QED) is 0.681. The molecule has 0 unspecified atom stereocenters. The molecule has 3 rings (SSSR count). The molecule has 4 nitrogen and oxygen atoms in total. The Morgan fingerprint density at radius 2 is 1.91 bits per heavy atom. The zero-order valence-corrected chi connectivity index (χ0v) is 12.4. The Labute approximate surface area is 129 Å². The highest BCUT2D eigenvalue weighted by Crippen LogP contribution is 2.47. The molecule has 2 atom stereocenters. The highest BCUT2D eigenvalue weighted by atomic mass is 16.5. The summed E-state index contributed by atoms with van der Waals surface area (Å²) in [4.78, 5) is 12.0. The number of carbonyl (C=O) groups is 1. The maximum absolute atomic E-state index is 12.0. The Bertz CT molecular complexity index is 665. The first-order valence-electron chi connectivity index (χ1n) is 7.30. The molecular weight excluding hydrogens is 276 g/mol. The SMILES string of the molecule is COc1ccc(/C=N\NC(=O)[C@H]2C[C@@H]2c2ccccc2)cc1. The molecule has 2 aromatic carbocycles. The van der Waals surface area contributed by atoms with Crippen molar-refractivity contribution >= 4 is 12.1 Å². The van der Waals surface area contributed by atoms with Crippen molar-refractivity contribution in [3.63, 3.8) is 0 Å². The average Bonchev–Trinajstić information content (AvgIpc) is 3.37. The van der Waals surface area contributed by atoms with Crippen molar-refractivity contribution < 1.29 is 9.53 Å². The van der Waals surface area contributed by atoms with E-state index in [1.54, 1.807) is 13.3 Å². The third-order valence-electron chi connectivity index (χ3n) is 3.86. The molecular formula is C18H18N2O2. The summed E-state index contributed by atoms with van der Waals surface area (Å²) in [5.74, 6) is 1.15. The molecule has 2 aromatic rings. The van der Waals surface area contributed by atoms with Crippen LogP contribution in [0.4, 0.5) is 0 Å². The number of hydrogen-bond donors (Lipinski definition) is 1.